The minimum atomic E-state index is 0.459. The van der Waals surface area contributed by atoms with Crippen LogP contribution in [0.5, 0.6) is 0 Å². The van der Waals surface area contributed by atoms with Gasteiger partial charge in [0.2, 0.25) is 0 Å². The predicted octanol–water partition coefficient (Wildman–Crippen LogP) is 11.6. The molecule has 0 saturated heterocycles. The summed E-state index contributed by atoms with van der Waals surface area (Å²) in [6, 6.07) is 49.3. The molecule has 2 heterocycles. The van der Waals surface area contributed by atoms with Gasteiger partial charge in [0.05, 0.1) is 35.2 Å². The molecule has 0 fully saturated rings. The third-order valence-electron chi connectivity index (χ3n) is 11.6. The first-order chi connectivity index (χ1) is 25.7. The molecule has 2 heteroatoms. The summed E-state index contributed by atoms with van der Waals surface area (Å²) >= 11 is 0. The van der Waals surface area contributed by atoms with Gasteiger partial charge in [-0.05, 0) is 80.6 Å². The van der Waals surface area contributed by atoms with Crippen molar-refractivity contribution in [1.82, 2.24) is 9.13 Å². The minimum absolute atomic E-state index is 0.459. The monoisotopic (exact) mass is 660 g/mol. The van der Waals surface area contributed by atoms with Crippen molar-refractivity contribution in [2.45, 2.75) is 25.9 Å². The van der Waals surface area contributed by atoms with E-state index in [0.717, 1.165) is 23.9 Å². The minimum Gasteiger partial charge on any atom is -0.328 e. The Labute approximate surface area is 302 Å². The molecule has 0 radical (unpaired) electrons. The highest BCUT2D eigenvalue weighted by Crippen LogP contribution is 2.52. The van der Waals surface area contributed by atoms with E-state index < -0.39 is 0 Å². The lowest BCUT2D eigenvalue weighted by Crippen LogP contribution is -2.01. The summed E-state index contributed by atoms with van der Waals surface area (Å²) in [6.45, 7) is 0.918. The summed E-state index contributed by atoms with van der Waals surface area (Å²) in [4.78, 5) is 0. The molecular weight excluding hydrogens is 629 g/mol. The fraction of sp³-hybridized carbons (Fsp3) is 0.0800. The van der Waals surface area contributed by atoms with Gasteiger partial charge in [-0.2, -0.15) is 0 Å². The normalized spacial score (nSPS) is 12.6. The van der Waals surface area contributed by atoms with Crippen molar-refractivity contribution < 1.29 is 0 Å². The van der Waals surface area contributed by atoms with Crippen molar-refractivity contribution in [3.8, 4) is 69.2 Å². The lowest BCUT2D eigenvalue weighted by atomic mass is 9.88. The molecule has 7 aromatic carbocycles. The highest BCUT2D eigenvalue weighted by molar-refractivity contribution is 6.32. The van der Waals surface area contributed by atoms with Crippen LogP contribution in [-0.4, -0.2) is 9.13 Å². The van der Waals surface area contributed by atoms with Crippen LogP contribution in [0, 0.1) is 24.7 Å². The van der Waals surface area contributed by atoms with Crippen molar-refractivity contribution in [2.75, 3.05) is 0 Å². The average molecular weight is 661 g/mol. The van der Waals surface area contributed by atoms with Gasteiger partial charge in [-0.25, -0.2) is 0 Å². The van der Waals surface area contributed by atoms with Gasteiger partial charge in [-0.1, -0.05) is 133 Å². The van der Waals surface area contributed by atoms with E-state index in [1.165, 1.54) is 99.3 Å². The molecule has 0 bridgehead atoms. The second-order valence-electron chi connectivity index (χ2n) is 14.2. The molecule has 2 nitrogen and oxygen atoms in total. The zero-order chi connectivity index (χ0) is 34.5. The lowest BCUT2D eigenvalue weighted by Gasteiger charge is -2.18. The molecular formula is C50H32N2. The molecule has 0 N–H and O–H groups in total. The molecule has 9 aromatic rings. The molecule has 0 spiro atoms. The maximum atomic E-state index is 6.22. The van der Waals surface area contributed by atoms with E-state index in [1.807, 2.05) is 0 Å². The Morgan fingerprint density at radius 1 is 0.442 bits per heavy atom. The number of fused-ring (bicyclic) bond motifs is 12. The van der Waals surface area contributed by atoms with E-state index in [2.05, 4.69) is 154 Å². The van der Waals surface area contributed by atoms with Crippen LogP contribution in [0.2, 0.25) is 0 Å². The van der Waals surface area contributed by atoms with Crippen LogP contribution in [-0.2, 0) is 25.9 Å². The number of hydrogen-bond acceptors (Lipinski definition) is 0. The highest BCUT2D eigenvalue weighted by Gasteiger charge is 2.29. The number of terminal acetylenes is 2. The smallest absolute Gasteiger partial charge is 0.0841 e. The Morgan fingerprint density at radius 3 is 1.31 bits per heavy atom. The van der Waals surface area contributed by atoms with Crippen molar-refractivity contribution in [1.29, 1.82) is 0 Å². The first-order valence-electron chi connectivity index (χ1n) is 18.0. The van der Waals surface area contributed by atoms with Crippen molar-refractivity contribution in [3.05, 3.63) is 156 Å². The van der Waals surface area contributed by atoms with E-state index >= 15 is 0 Å². The van der Waals surface area contributed by atoms with E-state index in [4.69, 9.17) is 12.8 Å². The standard InChI is InChI=1S/C50H32N2/c1-3-25-51-43-19-11-9-17-41(43)47-46(34-22-24-40-36(30-34)28-32-14-6-8-16-38(32)40)50-48(42-18-10-12-20-44(42)52(50)26-4-2)45(49(47)51)33-21-23-39-35(29-33)27-31-13-5-7-15-37(31)39/h1-2,5-24,29-30H,25-28H2. The third-order valence-corrected chi connectivity index (χ3v) is 11.6. The first kappa shape index (κ1) is 29.0. The van der Waals surface area contributed by atoms with Crippen molar-refractivity contribution in [2.24, 2.45) is 0 Å². The summed E-state index contributed by atoms with van der Waals surface area (Å²) in [7, 11) is 0. The molecule has 2 aliphatic rings. The molecule has 242 valence electrons. The average Bonchev–Trinajstić information content (AvgIpc) is 3.92. The summed E-state index contributed by atoms with van der Waals surface area (Å²) in [5, 5.41) is 4.82. The Kier molecular flexibility index (Phi) is 6.07. The van der Waals surface area contributed by atoms with Gasteiger partial charge in [0.15, 0.2) is 0 Å². The van der Waals surface area contributed by atoms with Gasteiger partial charge in [0.1, 0.15) is 0 Å². The van der Waals surface area contributed by atoms with Crippen molar-refractivity contribution >= 4 is 43.6 Å². The Morgan fingerprint density at radius 2 is 0.846 bits per heavy atom. The number of benzene rings is 7. The Bertz CT molecular complexity index is 2880. The van der Waals surface area contributed by atoms with Gasteiger partial charge in [-0.3, -0.25) is 0 Å². The zero-order valence-electron chi connectivity index (χ0n) is 28.6. The lowest BCUT2D eigenvalue weighted by molar-refractivity contribution is 0.921. The summed E-state index contributed by atoms with van der Waals surface area (Å²) < 4.78 is 4.75. The molecule has 11 rings (SSSR count). The highest BCUT2D eigenvalue weighted by atomic mass is 15.0. The number of para-hydroxylation sites is 2. The molecule has 2 aromatic heterocycles. The molecule has 0 amide bonds. The van der Waals surface area contributed by atoms with E-state index in [9.17, 15) is 0 Å². The van der Waals surface area contributed by atoms with Gasteiger partial charge in [0.25, 0.3) is 0 Å². The van der Waals surface area contributed by atoms with Crippen LogP contribution in [0.3, 0.4) is 0 Å². The van der Waals surface area contributed by atoms with Gasteiger partial charge >= 0.3 is 0 Å². The summed E-state index contributed by atoms with van der Waals surface area (Å²) in [5.74, 6) is 6.06. The maximum absolute atomic E-state index is 6.22. The third kappa shape index (κ3) is 3.87. The Balaban J connectivity index is 1.34. The fourth-order valence-corrected chi connectivity index (χ4v) is 9.54. The molecule has 52 heavy (non-hydrogen) atoms. The van der Waals surface area contributed by atoms with Crippen LogP contribution in [0.4, 0.5) is 0 Å². The number of rotatable bonds is 4. The zero-order valence-corrected chi connectivity index (χ0v) is 28.6. The molecule has 0 atom stereocenters. The van der Waals surface area contributed by atoms with Crippen LogP contribution in [0.15, 0.2) is 133 Å². The van der Waals surface area contributed by atoms with Crippen LogP contribution in [0.25, 0.3) is 88.1 Å². The quantitative estimate of drug-likeness (QED) is 0.166. The summed E-state index contributed by atoms with van der Waals surface area (Å²) in [6.07, 6.45) is 14.3. The number of aromatic nitrogens is 2. The van der Waals surface area contributed by atoms with Crippen LogP contribution >= 0.6 is 0 Å². The van der Waals surface area contributed by atoms with E-state index in [1.54, 1.807) is 0 Å². The molecule has 0 unspecified atom stereocenters. The SMILES string of the molecule is C#CCn1c2ccccc2c2c(-c3ccc4c(c3)Cc3ccccc3-4)c3c(c(-c4ccc5c(c4)Cc4ccccc4-5)c21)c1ccccc1n3CC#C. The van der Waals surface area contributed by atoms with Crippen LogP contribution < -0.4 is 0 Å². The summed E-state index contributed by atoms with van der Waals surface area (Å²) in [5.41, 5.74) is 20.2. The topological polar surface area (TPSA) is 9.86 Å². The Hall–Kier alpha value is -6.74. The van der Waals surface area contributed by atoms with E-state index in [0.29, 0.717) is 13.1 Å². The molecule has 0 saturated carbocycles. The van der Waals surface area contributed by atoms with E-state index in [-0.39, 0.29) is 0 Å². The second-order valence-corrected chi connectivity index (χ2v) is 14.2. The number of nitrogens with zero attached hydrogens (tertiary/aromatic N) is 2. The maximum Gasteiger partial charge on any atom is 0.0841 e. The molecule has 0 aliphatic heterocycles. The van der Waals surface area contributed by atoms with Crippen LogP contribution in [0.1, 0.15) is 22.3 Å². The largest absolute Gasteiger partial charge is 0.328 e. The molecule has 2 aliphatic carbocycles. The first-order valence-corrected chi connectivity index (χ1v) is 18.0. The van der Waals surface area contributed by atoms with Gasteiger partial charge < -0.3 is 9.13 Å². The fourth-order valence-electron chi connectivity index (χ4n) is 9.54. The van der Waals surface area contributed by atoms with Crippen molar-refractivity contribution in [3.63, 3.8) is 0 Å². The second kappa shape index (κ2) is 10.9. The number of hydrogen-bond donors (Lipinski definition) is 0. The van der Waals surface area contributed by atoms with Gasteiger partial charge in [-0.15, -0.1) is 12.8 Å². The predicted molar refractivity (Wildman–Crippen MR) is 217 cm³/mol. The van der Waals surface area contributed by atoms with Gasteiger partial charge in [0, 0.05) is 32.7 Å².